The summed E-state index contributed by atoms with van der Waals surface area (Å²) in [6.45, 7) is 5.70. The van der Waals surface area contributed by atoms with E-state index in [9.17, 15) is 4.79 Å². The van der Waals surface area contributed by atoms with Crippen molar-refractivity contribution in [1.29, 1.82) is 0 Å². The average Bonchev–Trinajstić information content (AvgIpc) is 3.19. The number of hydrogen-bond donors (Lipinski definition) is 2. The maximum Gasteiger partial charge on any atom is 0.330 e. The van der Waals surface area contributed by atoms with Crippen LogP contribution in [0.2, 0.25) is 0 Å². The summed E-state index contributed by atoms with van der Waals surface area (Å²) in [5, 5.41) is 9.22. The highest BCUT2D eigenvalue weighted by Gasteiger charge is 2.31. The van der Waals surface area contributed by atoms with Gasteiger partial charge in [-0.25, -0.2) is 10.1 Å². The van der Waals surface area contributed by atoms with Gasteiger partial charge >= 0.3 is 17.3 Å². The predicted octanol–water partition coefficient (Wildman–Crippen LogP) is 3.66. The Balaban J connectivity index is 0.000000454. The average molecular weight is 416 g/mol. The monoisotopic (exact) mass is 415 g/mol. The van der Waals surface area contributed by atoms with Gasteiger partial charge in [-0.2, -0.15) is 4.21 Å². The number of thiophene rings is 1. The van der Waals surface area contributed by atoms with Crippen LogP contribution in [0.3, 0.4) is 0 Å². The Morgan fingerprint density at radius 2 is 1.89 bits per heavy atom. The van der Waals surface area contributed by atoms with Crippen molar-refractivity contribution < 1.29 is 27.9 Å². The Morgan fingerprint density at radius 1 is 1.26 bits per heavy atom. The minimum atomic E-state index is -2.52. The molecule has 0 spiro atoms. The Morgan fingerprint density at radius 3 is 2.44 bits per heavy atom. The van der Waals surface area contributed by atoms with E-state index in [2.05, 4.69) is 20.7 Å². The van der Waals surface area contributed by atoms with Gasteiger partial charge in [-0.3, -0.25) is 9.45 Å². The molecule has 150 valence electrons. The van der Waals surface area contributed by atoms with Crippen LogP contribution in [0, 0.1) is 0 Å². The van der Waals surface area contributed by atoms with Gasteiger partial charge in [0, 0.05) is 18.0 Å². The van der Waals surface area contributed by atoms with Crippen molar-refractivity contribution in [2.45, 2.75) is 32.9 Å². The van der Waals surface area contributed by atoms with Crippen molar-refractivity contribution in [2.24, 2.45) is 0 Å². The van der Waals surface area contributed by atoms with E-state index in [1.54, 1.807) is 11.3 Å². The molecule has 9 heteroatoms. The summed E-state index contributed by atoms with van der Waals surface area (Å²) < 4.78 is 24.2. The Kier molecular flexibility index (Phi) is 11.0. The maximum absolute atomic E-state index is 12.2. The molecule has 1 aliphatic rings. The third-order valence-corrected chi connectivity index (χ3v) is 4.96. The smallest absolute Gasteiger partial charge is 0.330 e. The summed E-state index contributed by atoms with van der Waals surface area (Å²) >= 11 is -0.711. The molecule has 3 rings (SSSR count). The number of methoxy groups -OCH3 is 1. The van der Waals surface area contributed by atoms with E-state index in [4.69, 9.17) is 18.8 Å². The zero-order valence-corrected chi connectivity index (χ0v) is 17.2. The van der Waals surface area contributed by atoms with E-state index in [1.807, 2.05) is 44.2 Å². The van der Waals surface area contributed by atoms with E-state index in [-0.39, 0.29) is 12.0 Å². The third kappa shape index (κ3) is 7.13. The first-order chi connectivity index (χ1) is 13.1. The Bertz CT molecular complexity index is 707. The molecule has 1 aromatic heterocycles. The molecule has 1 aromatic carbocycles. The molecule has 0 radical (unpaired) electrons. The van der Waals surface area contributed by atoms with Crippen LogP contribution in [-0.2, 0) is 38.2 Å². The normalized spacial score (nSPS) is 15.1. The molecule has 0 saturated heterocycles. The lowest BCUT2D eigenvalue weighted by Crippen LogP contribution is -2.38. The van der Waals surface area contributed by atoms with Gasteiger partial charge in [-0.05, 0) is 29.0 Å². The van der Waals surface area contributed by atoms with Crippen molar-refractivity contribution in [1.82, 2.24) is 4.90 Å². The molecule has 0 bridgehead atoms. The summed E-state index contributed by atoms with van der Waals surface area (Å²) in [6.07, 6.45) is 1.01. The van der Waals surface area contributed by atoms with Crippen LogP contribution in [0.4, 0.5) is 0 Å². The lowest BCUT2D eigenvalue weighted by molar-refractivity contribution is -0.147. The second kappa shape index (κ2) is 12.7. The molecule has 0 fully saturated rings. The van der Waals surface area contributed by atoms with E-state index in [0.29, 0.717) is 0 Å². The molecule has 1 unspecified atom stereocenters. The first kappa shape index (κ1) is 23.4. The van der Waals surface area contributed by atoms with Gasteiger partial charge in [-0.15, -0.1) is 15.7 Å². The predicted molar refractivity (Wildman–Crippen MR) is 105 cm³/mol. The number of hydrogen-bond acceptors (Lipinski definition) is 7. The Labute approximate surface area is 166 Å². The van der Waals surface area contributed by atoms with Gasteiger partial charge in [-0.1, -0.05) is 44.2 Å². The van der Waals surface area contributed by atoms with E-state index >= 15 is 0 Å². The van der Waals surface area contributed by atoms with Crippen LogP contribution in [0.1, 0.15) is 35.9 Å². The molecule has 2 aromatic rings. The van der Waals surface area contributed by atoms with E-state index < -0.39 is 11.4 Å². The van der Waals surface area contributed by atoms with Gasteiger partial charge < -0.3 is 4.74 Å². The fourth-order valence-electron chi connectivity index (χ4n) is 2.73. The molecule has 0 amide bonds. The van der Waals surface area contributed by atoms with E-state index in [0.717, 1.165) is 25.1 Å². The SMILES string of the molecule is CC.COC(=O)[C@H](c1ccccc1)N1CCc2sccc2C1.O=S(O)OO. The van der Waals surface area contributed by atoms with Crippen molar-refractivity contribution >= 4 is 28.7 Å². The summed E-state index contributed by atoms with van der Waals surface area (Å²) in [7, 11) is 1.46. The summed E-state index contributed by atoms with van der Waals surface area (Å²) in [4.78, 5) is 15.8. The quantitative estimate of drug-likeness (QED) is 0.340. The van der Waals surface area contributed by atoms with Crippen molar-refractivity contribution in [3.63, 3.8) is 0 Å². The topological polar surface area (TPSA) is 96.3 Å². The number of esters is 1. The van der Waals surface area contributed by atoms with Crippen LogP contribution in [0.25, 0.3) is 0 Å². The van der Waals surface area contributed by atoms with Crippen LogP contribution >= 0.6 is 11.3 Å². The second-order valence-corrected chi connectivity index (χ2v) is 6.80. The zero-order chi connectivity index (χ0) is 20.2. The summed E-state index contributed by atoms with van der Waals surface area (Å²) in [5.41, 5.74) is 2.34. The zero-order valence-electron chi connectivity index (χ0n) is 15.5. The number of fused-ring (bicyclic) bond motifs is 1. The van der Waals surface area contributed by atoms with Gasteiger partial charge in [0.15, 0.2) is 0 Å². The molecular weight excluding hydrogens is 390 g/mol. The van der Waals surface area contributed by atoms with Crippen molar-refractivity contribution in [2.75, 3.05) is 13.7 Å². The highest BCUT2D eigenvalue weighted by Crippen LogP contribution is 2.31. The number of benzene rings is 1. The first-order valence-corrected chi connectivity index (χ1v) is 10.3. The number of rotatable bonds is 4. The van der Waals surface area contributed by atoms with Crippen LogP contribution in [0.15, 0.2) is 41.8 Å². The number of carbonyl (C=O) groups is 1. The largest absolute Gasteiger partial charge is 0.468 e. The number of nitrogens with zero attached hydrogens (tertiary/aromatic N) is 1. The number of carbonyl (C=O) groups excluding carboxylic acids is 1. The highest BCUT2D eigenvalue weighted by atomic mass is 32.2. The van der Waals surface area contributed by atoms with Crippen molar-refractivity contribution in [3.05, 3.63) is 57.8 Å². The lowest BCUT2D eigenvalue weighted by Gasteiger charge is -2.33. The summed E-state index contributed by atoms with van der Waals surface area (Å²) in [6, 6.07) is 11.7. The van der Waals surface area contributed by atoms with Crippen LogP contribution < -0.4 is 0 Å². The lowest BCUT2D eigenvalue weighted by atomic mass is 10.0. The molecule has 0 aliphatic carbocycles. The molecular formula is C18H25NO6S2. The Hall–Kier alpha value is -1.62. The molecule has 1 aliphatic heterocycles. The van der Waals surface area contributed by atoms with Gasteiger partial charge in [0.05, 0.1) is 7.11 Å². The fourth-order valence-corrected chi connectivity index (χ4v) is 3.62. The van der Waals surface area contributed by atoms with Gasteiger partial charge in [0.1, 0.15) is 6.04 Å². The molecule has 2 atom stereocenters. The minimum Gasteiger partial charge on any atom is -0.468 e. The molecule has 7 nitrogen and oxygen atoms in total. The van der Waals surface area contributed by atoms with Gasteiger partial charge in [0.2, 0.25) is 0 Å². The highest BCUT2D eigenvalue weighted by molar-refractivity contribution is 7.74. The fraction of sp³-hybridized carbons (Fsp3) is 0.389. The minimum absolute atomic E-state index is 0.185. The van der Waals surface area contributed by atoms with Gasteiger partial charge in [0.25, 0.3) is 0 Å². The first-order valence-electron chi connectivity index (χ1n) is 8.41. The maximum atomic E-state index is 12.2. The molecule has 2 N–H and O–H groups in total. The number of ether oxygens (including phenoxy) is 1. The molecule has 2 heterocycles. The van der Waals surface area contributed by atoms with Crippen LogP contribution in [-0.4, -0.2) is 38.5 Å². The molecule has 27 heavy (non-hydrogen) atoms. The molecule has 0 saturated carbocycles. The third-order valence-electron chi connectivity index (χ3n) is 3.81. The summed E-state index contributed by atoms with van der Waals surface area (Å²) in [5.74, 6) is -0.185. The van der Waals surface area contributed by atoms with E-state index in [1.165, 1.54) is 17.6 Å². The second-order valence-electron chi connectivity index (χ2n) is 5.22. The van der Waals surface area contributed by atoms with Crippen LogP contribution in [0.5, 0.6) is 0 Å². The van der Waals surface area contributed by atoms with Crippen molar-refractivity contribution in [3.8, 4) is 0 Å². The standard InChI is InChI=1S/C16H17NO2S.C2H6.H2O4S/c1-19-16(18)15(12-5-3-2-4-6-12)17-9-7-14-13(11-17)8-10-20-14;1-2;1-4-5(2)3/h2-6,8,10,15H,7,9,11H2,1H3;1-2H3;1H,(H,2,3)/t15-;;/m0../s1.